The lowest BCUT2D eigenvalue weighted by molar-refractivity contribution is 0.0697. The van der Waals surface area contributed by atoms with Crippen LogP contribution in [0.25, 0.3) is 11.0 Å². The number of aromatic nitrogens is 2. The second-order valence-electron chi connectivity index (χ2n) is 3.98. The maximum atomic E-state index is 10.9. The van der Waals surface area contributed by atoms with E-state index in [1.165, 1.54) is 6.07 Å². The number of hydrogen-bond acceptors (Lipinski definition) is 4. The minimum absolute atomic E-state index is 0.212. The van der Waals surface area contributed by atoms with E-state index in [4.69, 9.17) is 15.6 Å². The highest BCUT2D eigenvalue weighted by molar-refractivity contribution is 5.92. The lowest BCUT2D eigenvalue weighted by atomic mass is 10.2. The number of nitrogen functional groups attached to an aromatic ring is 1. The zero-order valence-corrected chi connectivity index (χ0v) is 10.1. The van der Waals surface area contributed by atoms with Gasteiger partial charge in [-0.25, -0.2) is 9.78 Å². The largest absolute Gasteiger partial charge is 0.478 e. The van der Waals surface area contributed by atoms with E-state index in [2.05, 4.69) is 4.98 Å². The highest BCUT2D eigenvalue weighted by Gasteiger charge is 2.10. The summed E-state index contributed by atoms with van der Waals surface area (Å²) in [5, 5.41) is 8.91. The SMILES string of the molecule is COCCCn1c(N)nc2cc(C(=O)O)ccc21. The molecule has 0 saturated heterocycles. The Morgan fingerprint density at radius 1 is 1.56 bits per heavy atom. The summed E-state index contributed by atoms with van der Waals surface area (Å²) in [6.45, 7) is 1.34. The summed E-state index contributed by atoms with van der Waals surface area (Å²) in [5.41, 5.74) is 7.48. The van der Waals surface area contributed by atoms with Crippen LogP contribution in [-0.4, -0.2) is 34.3 Å². The summed E-state index contributed by atoms with van der Waals surface area (Å²) < 4.78 is 6.85. The number of imidazole rings is 1. The van der Waals surface area contributed by atoms with Crippen LogP contribution in [0.15, 0.2) is 18.2 Å². The second kappa shape index (κ2) is 5.05. The summed E-state index contributed by atoms with van der Waals surface area (Å²) in [6.07, 6.45) is 0.826. The normalized spacial score (nSPS) is 10.9. The first-order valence-corrected chi connectivity index (χ1v) is 5.61. The first kappa shape index (κ1) is 12.4. The van der Waals surface area contributed by atoms with Crippen molar-refractivity contribution in [1.82, 2.24) is 9.55 Å². The van der Waals surface area contributed by atoms with E-state index in [9.17, 15) is 4.79 Å². The van der Waals surface area contributed by atoms with Gasteiger partial charge < -0.3 is 20.1 Å². The summed E-state index contributed by atoms with van der Waals surface area (Å²) in [6, 6.07) is 4.81. The number of methoxy groups -OCH3 is 1. The van der Waals surface area contributed by atoms with Crippen molar-refractivity contribution in [3.05, 3.63) is 23.8 Å². The third-order valence-corrected chi connectivity index (χ3v) is 2.75. The van der Waals surface area contributed by atoms with Gasteiger partial charge in [-0.15, -0.1) is 0 Å². The van der Waals surface area contributed by atoms with Crippen LogP contribution < -0.4 is 5.73 Å². The van der Waals surface area contributed by atoms with Gasteiger partial charge in [-0.05, 0) is 24.6 Å². The number of benzene rings is 1. The van der Waals surface area contributed by atoms with Gasteiger partial charge in [-0.3, -0.25) is 0 Å². The molecule has 0 atom stereocenters. The minimum Gasteiger partial charge on any atom is -0.478 e. The van der Waals surface area contributed by atoms with Gasteiger partial charge in [-0.1, -0.05) is 0 Å². The molecule has 0 aliphatic heterocycles. The Labute approximate surface area is 104 Å². The van der Waals surface area contributed by atoms with Gasteiger partial charge in [0, 0.05) is 20.3 Å². The van der Waals surface area contributed by atoms with Crippen molar-refractivity contribution in [3.63, 3.8) is 0 Å². The molecule has 2 aromatic rings. The molecule has 0 fully saturated rings. The van der Waals surface area contributed by atoms with Crippen molar-refractivity contribution >= 4 is 23.0 Å². The molecular weight excluding hydrogens is 234 g/mol. The molecule has 0 amide bonds. The van der Waals surface area contributed by atoms with Crippen molar-refractivity contribution in [3.8, 4) is 0 Å². The Morgan fingerprint density at radius 3 is 3.00 bits per heavy atom. The van der Waals surface area contributed by atoms with E-state index >= 15 is 0 Å². The summed E-state index contributed by atoms with van der Waals surface area (Å²) in [7, 11) is 1.65. The third-order valence-electron chi connectivity index (χ3n) is 2.75. The maximum Gasteiger partial charge on any atom is 0.335 e. The van der Waals surface area contributed by atoms with Gasteiger partial charge in [-0.2, -0.15) is 0 Å². The monoisotopic (exact) mass is 249 g/mol. The Morgan fingerprint density at radius 2 is 2.33 bits per heavy atom. The molecule has 6 heteroatoms. The van der Waals surface area contributed by atoms with Crippen LogP contribution in [0.1, 0.15) is 16.8 Å². The molecule has 0 aliphatic rings. The first-order chi connectivity index (χ1) is 8.63. The number of ether oxygens (including phenoxy) is 1. The van der Waals surface area contributed by atoms with E-state index in [1.807, 2.05) is 4.57 Å². The zero-order chi connectivity index (χ0) is 13.1. The highest BCUT2D eigenvalue weighted by Crippen LogP contribution is 2.19. The van der Waals surface area contributed by atoms with E-state index in [1.54, 1.807) is 19.2 Å². The second-order valence-corrected chi connectivity index (χ2v) is 3.98. The molecule has 0 aliphatic carbocycles. The first-order valence-electron chi connectivity index (χ1n) is 5.61. The predicted molar refractivity (Wildman–Crippen MR) is 67.6 cm³/mol. The van der Waals surface area contributed by atoms with Crippen LogP contribution in [-0.2, 0) is 11.3 Å². The van der Waals surface area contributed by atoms with Crippen LogP contribution >= 0.6 is 0 Å². The fraction of sp³-hybridized carbons (Fsp3) is 0.333. The number of nitrogens with zero attached hydrogens (tertiary/aromatic N) is 2. The lowest BCUT2D eigenvalue weighted by Crippen LogP contribution is -2.05. The Kier molecular flexibility index (Phi) is 3.47. The van der Waals surface area contributed by atoms with E-state index in [0.717, 1.165) is 11.9 Å². The summed E-state index contributed by atoms with van der Waals surface area (Å²) >= 11 is 0. The molecule has 0 bridgehead atoms. The highest BCUT2D eigenvalue weighted by atomic mass is 16.5. The van der Waals surface area contributed by atoms with Crippen molar-refractivity contribution in [2.45, 2.75) is 13.0 Å². The zero-order valence-electron chi connectivity index (χ0n) is 10.1. The van der Waals surface area contributed by atoms with Gasteiger partial charge in [0.2, 0.25) is 5.95 Å². The van der Waals surface area contributed by atoms with E-state index in [0.29, 0.717) is 24.6 Å². The molecule has 0 unspecified atom stereocenters. The number of hydrogen-bond donors (Lipinski definition) is 2. The average molecular weight is 249 g/mol. The van der Waals surface area contributed by atoms with Crippen LogP contribution in [0.2, 0.25) is 0 Å². The molecule has 3 N–H and O–H groups in total. The van der Waals surface area contributed by atoms with Gasteiger partial charge in [0.25, 0.3) is 0 Å². The Hall–Kier alpha value is -2.08. The van der Waals surface area contributed by atoms with Crippen molar-refractivity contribution in [2.24, 2.45) is 0 Å². The summed E-state index contributed by atoms with van der Waals surface area (Å²) in [4.78, 5) is 15.0. The molecule has 2 rings (SSSR count). The maximum absolute atomic E-state index is 10.9. The van der Waals surface area contributed by atoms with Crippen LogP contribution in [0.5, 0.6) is 0 Å². The number of nitrogens with two attached hydrogens (primary N) is 1. The topological polar surface area (TPSA) is 90.4 Å². The standard InChI is InChI=1S/C12H15N3O3/c1-18-6-2-5-15-10-4-3-8(11(16)17)7-9(10)14-12(15)13/h3-4,7H,2,5-6H2,1H3,(H2,13,14)(H,16,17). The fourth-order valence-electron chi connectivity index (χ4n) is 1.88. The Balaban J connectivity index is 2.36. The quantitative estimate of drug-likeness (QED) is 0.781. The third kappa shape index (κ3) is 2.28. The van der Waals surface area contributed by atoms with Crippen molar-refractivity contribution < 1.29 is 14.6 Å². The molecule has 18 heavy (non-hydrogen) atoms. The van der Waals surface area contributed by atoms with Crippen LogP contribution in [0.4, 0.5) is 5.95 Å². The lowest BCUT2D eigenvalue weighted by Gasteiger charge is -2.05. The van der Waals surface area contributed by atoms with Crippen LogP contribution in [0.3, 0.4) is 0 Å². The number of carboxylic acids is 1. The molecule has 1 aromatic carbocycles. The molecule has 0 radical (unpaired) electrons. The molecule has 6 nitrogen and oxygen atoms in total. The number of aromatic carboxylic acids is 1. The van der Waals surface area contributed by atoms with Crippen molar-refractivity contribution in [1.29, 1.82) is 0 Å². The molecule has 0 spiro atoms. The smallest absolute Gasteiger partial charge is 0.335 e. The van der Waals surface area contributed by atoms with Gasteiger partial charge in [0.15, 0.2) is 0 Å². The molecule has 1 aromatic heterocycles. The molecule has 1 heterocycles. The number of carbonyl (C=O) groups is 1. The average Bonchev–Trinajstić information content (AvgIpc) is 2.65. The van der Waals surface area contributed by atoms with E-state index < -0.39 is 5.97 Å². The number of fused-ring (bicyclic) bond motifs is 1. The number of rotatable bonds is 5. The number of anilines is 1. The van der Waals surface area contributed by atoms with Gasteiger partial charge in [0.1, 0.15) is 0 Å². The molecular formula is C12H15N3O3. The molecule has 96 valence electrons. The van der Waals surface area contributed by atoms with Gasteiger partial charge in [0.05, 0.1) is 16.6 Å². The number of aryl methyl sites for hydroxylation is 1. The summed E-state index contributed by atoms with van der Waals surface area (Å²) in [5.74, 6) is -0.576. The van der Waals surface area contributed by atoms with E-state index in [-0.39, 0.29) is 5.56 Å². The fourth-order valence-corrected chi connectivity index (χ4v) is 1.88. The Bertz CT molecular complexity index is 577. The van der Waals surface area contributed by atoms with Gasteiger partial charge >= 0.3 is 5.97 Å². The number of carboxylic acid groups (broad SMARTS) is 1. The minimum atomic E-state index is -0.968. The predicted octanol–water partition coefficient (Wildman–Crippen LogP) is 1.35. The van der Waals surface area contributed by atoms with Crippen LogP contribution in [0, 0.1) is 0 Å². The molecule has 0 saturated carbocycles. The van der Waals surface area contributed by atoms with Crippen molar-refractivity contribution in [2.75, 3.05) is 19.5 Å².